The van der Waals surface area contributed by atoms with Crippen molar-refractivity contribution in [3.05, 3.63) is 77.3 Å². The van der Waals surface area contributed by atoms with Crippen molar-refractivity contribution in [1.82, 2.24) is 0 Å². The van der Waals surface area contributed by atoms with E-state index < -0.39 is 0 Å². The van der Waals surface area contributed by atoms with E-state index in [9.17, 15) is 9.59 Å². The van der Waals surface area contributed by atoms with Crippen molar-refractivity contribution in [1.29, 1.82) is 0 Å². The number of amides is 2. The van der Waals surface area contributed by atoms with Gasteiger partial charge in [0.15, 0.2) is 12.4 Å². The number of methoxy groups -OCH3 is 1. The highest BCUT2D eigenvalue weighted by atomic mass is 35.5. The van der Waals surface area contributed by atoms with Gasteiger partial charge in [0.1, 0.15) is 11.5 Å². The van der Waals surface area contributed by atoms with Gasteiger partial charge in [-0.15, -0.1) is 0 Å². The zero-order valence-electron chi connectivity index (χ0n) is 17.7. The summed E-state index contributed by atoms with van der Waals surface area (Å²) in [5.74, 6) is 0.885. The molecule has 7 nitrogen and oxygen atoms in total. The first kappa shape index (κ1) is 23.0. The van der Waals surface area contributed by atoms with Gasteiger partial charge in [-0.25, -0.2) is 0 Å². The summed E-state index contributed by atoms with van der Waals surface area (Å²) < 4.78 is 16.2. The van der Waals surface area contributed by atoms with Gasteiger partial charge in [-0.05, 0) is 55.5 Å². The van der Waals surface area contributed by atoms with Crippen LogP contribution in [0.15, 0.2) is 66.7 Å². The molecule has 0 saturated carbocycles. The summed E-state index contributed by atoms with van der Waals surface area (Å²) >= 11 is 6.15. The highest BCUT2D eigenvalue weighted by Crippen LogP contribution is 2.33. The number of rotatable bonds is 9. The van der Waals surface area contributed by atoms with Crippen LogP contribution in [-0.2, 0) is 4.79 Å². The van der Waals surface area contributed by atoms with Crippen molar-refractivity contribution in [3.8, 4) is 17.2 Å². The molecule has 0 aliphatic rings. The number of carbonyl (C=O) groups excluding carboxylic acids is 2. The molecule has 3 rings (SSSR count). The Bertz CT molecular complexity index is 1090. The molecule has 8 heteroatoms. The third kappa shape index (κ3) is 6.15. The lowest BCUT2D eigenvalue weighted by Gasteiger charge is -2.13. The normalized spacial score (nSPS) is 10.2. The molecule has 0 unspecified atom stereocenters. The van der Waals surface area contributed by atoms with Gasteiger partial charge in [0.05, 0.1) is 24.4 Å². The summed E-state index contributed by atoms with van der Waals surface area (Å²) in [4.78, 5) is 24.7. The molecule has 166 valence electrons. The molecule has 0 bridgehead atoms. The highest BCUT2D eigenvalue weighted by molar-refractivity contribution is 6.32. The topological polar surface area (TPSA) is 85.9 Å². The Hall–Kier alpha value is -3.71. The number of halogens is 1. The third-order valence-corrected chi connectivity index (χ3v) is 4.64. The first-order valence-electron chi connectivity index (χ1n) is 9.89. The SMILES string of the molecule is CCOc1c(Cl)cccc1NC(=O)c1ccc(OCC(=O)Nc2cccc(OC)c2)cc1. The largest absolute Gasteiger partial charge is 0.497 e. The van der Waals surface area contributed by atoms with Crippen molar-refractivity contribution in [2.45, 2.75) is 6.92 Å². The van der Waals surface area contributed by atoms with Crippen molar-refractivity contribution in [2.24, 2.45) is 0 Å². The van der Waals surface area contributed by atoms with Crippen LogP contribution >= 0.6 is 11.6 Å². The van der Waals surface area contributed by atoms with E-state index in [2.05, 4.69) is 10.6 Å². The van der Waals surface area contributed by atoms with Gasteiger partial charge in [0.2, 0.25) is 0 Å². The minimum absolute atomic E-state index is 0.178. The van der Waals surface area contributed by atoms with Crippen LogP contribution < -0.4 is 24.8 Å². The summed E-state index contributed by atoms with van der Waals surface area (Å²) in [7, 11) is 1.56. The lowest BCUT2D eigenvalue weighted by Crippen LogP contribution is -2.20. The number of ether oxygens (including phenoxy) is 3. The lowest BCUT2D eigenvalue weighted by atomic mass is 10.2. The standard InChI is InChI=1S/C24H23ClN2O5/c1-3-31-23-20(25)8-5-9-21(23)27-24(29)16-10-12-18(13-11-16)32-15-22(28)26-17-6-4-7-19(14-17)30-2/h4-14H,3,15H2,1-2H3,(H,26,28)(H,27,29). The van der Waals surface area contributed by atoms with E-state index in [-0.39, 0.29) is 18.4 Å². The molecule has 0 aromatic heterocycles. The van der Waals surface area contributed by atoms with E-state index in [0.717, 1.165) is 0 Å². The second-order valence-corrected chi connectivity index (χ2v) is 7.00. The Kier molecular flexibility index (Phi) is 7.94. The number of hydrogen-bond acceptors (Lipinski definition) is 5. The van der Waals surface area contributed by atoms with Crippen molar-refractivity contribution < 1.29 is 23.8 Å². The molecular weight excluding hydrogens is 432 g/mol. The van der Waals surface area contributed by atoms with E-state index in [1.165, 1.54) is 0 Å². The number of anilines is 2. The average Bonchev–Trinajstić information content (AvgIpc) is 2.80. The molecule has 0 fully saturated rings. The van der Waals surface area contributed by atoms with Crippen LogP contribution in [-0.4, -0.2) is 32.1 Å². The minimum Gasteiger partial charge on any atom is -0.497 e. The van der Waals surface area contributed by atoms with Crippen LogP contribution in [0.25, 0.3) is 0 Å². The number of nitrogens with one attached hydrogen (secondary N) is 2. The Morgan fingerprint density at radius 3 is 2.38 bits per heavy atom. The lowest BCUT2D eigenvalue weighted by molar-refractivity contribution is -0.118. The molecule has 0 atom stereocenters. The summed E-state index contributed by atoms with van der Waals surface area (Å²) in [5, 5.41) is 5.95. The van der Waals surface area contributed by atoms with Gasteiger partial charge in [-0.3, -0.25) is 9.59 Å². The second-order valence-electron chi connectivity index (χ2n) is 6.60. The van der Waals surface area contributed by atoms with Gasteiger partial charge in [0, 0.05) is 17.3 Å². The Balaban J connectivity index is 1.56. The zero-order valence-corrected chi connectivity index (χ0v) is 18.4. The predicted molar refractivity (Wildman–Crippen MR) is 124 cm³/mol. The number of hydrogen-bond donors (Lipinski definition) is 2. The Labute approximate surface area is 191 Å². The Morgan fingerprint density at radius 2 is 1.66 bits per heavy atom. The summed E-state index contributed by atoms with van der Waals surface area (Å²) in [6.07, 6.45) is 0. The first-order chi connectivity index (χ1) is 15.5. The quantitative estimate of drug-likeness (QED) is 0.474. The molecule has 0 radical (unpaired) electrons. The molecule has 32 heavy (non-hydrogen) atoms. The molecule has 3 aromatic carbocycles. The fourth-order valence-electron chi connectivity index (χ4n) is 2.84. The number of benzene rings is 3. The molecular formula is C24H23ClN2O5. The highest BCUT2D eigenvalue weighted by Gasteiger charge is 2.13. The molecule has 0 aliphatic heterocycles. The molecule has 2 amide bonds. The zero-order chi connectivity index (χ0) is 22.9. The van der Waals surface area contributed by atoms with Crippen LogP contribution in [0.2, 0.25) is 5.02 Å². The van der Waals surface area contributed by atoms with E-state index in [1.807, 2.05) is 6.92 Å². The van der Waals surface area contributed by atoms with Gasteiger partial charge in [-0.2, -0.15) is 0 Å². The molecule has 0 aliphatic carbocycles. The van der Waals surface area contributed by atoms with Gasteiger partial charge in [0.25, 0.3) is 11.8 Å². The third-order valence-electron chi connectivity index (χ3n) is 4.34. The summed E-state index contributed by atoms with van der Waals surface area (Å²) in [6.45, 7) is 2.08. The number of carbonyl (C=O) groups is 2. The minimum atomic E-state index is -0.324. The van der Waals surface area contributed by atoms with Gasteiger partial charge >= 0.3 is 0 Å². The summed E-state index contributed by atoms with van der Waals surface area (Å²) in [6, 6.07) is 18.6. The maximum Gasteiger partial charge on any atom is 0.262 e. The van der Waals surface area contributed by atoms with E-state index in [0.29, 0.717) is 45.8 Å². The van der Waals surface area contributed by atoms with E-state index in [1.54, 1.807) is 73.8 Å². The molecule has 3 aromatic rings. The van der Waals surface area contributed by atoms with Crippen LogP contribution in [0.5, 0.6) is 17.2 Å². The maximum absolute atomic E-state index is 12.6. The second kappa shape index (κ2) is 11.1. The van der Waals surface area contributed by atoms with Gasteiger partial charge in [-0.1, -0.05) is 23.7 Å². The smallest absolute Gasteiger partial charge is 0.262 e. The number of para-hydroxylation sites is 1. The molecule has 0 saturated heterocycles. The molecule has 2 N–H and O–H groups in total. The Morgan fingerprint density at radius 1 is 0.906 bits per heavy atom. The van der Waals surface area contributed by atoms with Crippen molar-refractivity contribution in [2.75, 3.05) is 31.0 Å². The van der Waals surface area contributed by atoms with Crippen molar-refractivity contribution >= 4 is 34.8 Å². The summed E-state index contributed by atoms with van der Waals surface area (Å²) in [5.41, 5.74) is 1.51. The van der Waals surface area contributed by atoms with E-state index >= 15 is 0 Å². The fourth-order valence-corrected chi connectivity index (χ4v) is 3.07. The fraction of sp³-hybridized carbons (Fsp3) is 0.167. The van der Waals surface area contributed by atoms with Crippen LogP contribution in [0, 0.1) is 0 Å². The van der Waals surface area contributed by atoms with Crippen LogP contribution in [0.1, 0.15) is 17.3 Å². The average molecular weight is 455 g/mol. The predicted octanol–water partition coefficient (Wildman–Crippen LogP) is 5.02. The maximum atomic E-state index is 12.6. The van der Waals surface area contributed by atoms with Crippen LogP contribution in [0.3, 0.4) is 0 Å². The van der Waals surface area contributed by atoms with E-state index in [4.69, 9.17) is 25.8 Å². The van der Waals surface area contributed by atoms with Crippen LogP contribution in [0.4, 0.5) is 11.4 Å². The first-order valence-corrected chi connectivity index (χ1v) is 10.3. The molecule has 0 heterocycles. The van der Waals surface area contributed by atoms with Crippen molar-refractivity contribution in [3.63, 3.8) is 0 Å². The molecule has 0 spiro atoms. The van der Waals surface area contributed by atoms with Gasteiger partial charge < -0.3 is 24.8 Å². The monoisotopic (exact) mass is 454 g/mol.